The highest BCUT2D eigenvalue weighted by Crippen LogP contribution is 2.28. The van der Waals surface area contributed by atoms with Crippen molar-refractivity contribution < 1.29 is 14.3 Å². The van der Waals surface area contributed by atoms with Crippen LogP contribution in [0.2, 0.25) is 5.02 Å². The first-order chi connectivity index (χ1) is 9.63. The standard InChI is InChI=1S/C12H15ClN4O3/c1-19-10-4-3-8(7-9(10)13)11(12(18)20-2)15-5-6-16-17-14/h3-4,7,11,15H,5-6H2,1-2H3. The predicted molar refractivity (Wildman–Crippen MR) is 74.8 cm³/mol. The molecule has 108 valence electrons. The number of hydrogen-bond acceptors (Lipinski definition) is 5. The molecule has 7 nitrogen and oxygen atoms in total. The fourth-order valence-electron chi connectivity index (χ4n) is 1.62. The van der Waals surface area contributed by atoms with Crippen LogP contribution in [0.1, 0.15) is 11.6 Å². The van der Waals surface area contributed by atoms with Gasteiger partial charge in [-0.1, -0.05) is 22.8 Å². The number of nitrogens with zero attached hydrogens (tertiary/aromatic N) is 3. The maximum atomic E-state index is 11.8. The molecular weight excluding hydrogens is 284 g/mol. The number of rotatable bonds is 7. The van der Waals surface area contributed by atoms with E-state index < -0.39 is 12.0 Å². The molecule has 0 aromatic heterocycles. The van der Waals surface area contributed by atoms with Crippen LogP contribution < -0.4 is 10.1 Å². The lowest BCUT2D eigenvalue weighted by atomic mass is 10.1. The Bertz CT molecular complexity index is 517. The molecule has 0 radical (unpaired) electrons. The first-order valence-corrected chi connectivity index (χ1v) is 6.17. The fourth-order valence-corrected chi connectivity index (χ4v) is 1.89. The van der Waals surface area contributed by atoms with Gasteiger partial charge in [-0.2, -0.15) is 0 Å². The Morgan fingerprint density at radius 1 is 1.55 bits per heavy atom. The van der Waals surface area contributed by atoms with Gasteiger partial charge in [0.15, 0.2) is 0 Å². The summed E-state index contributed by atoms with van der Waals surface area (Å²) in [6.07, 6.45) is 0. The van der Waals surface area contributed by atoms with Gasteiger partial charge in [-0.15, -0.1) is 0 Å². The molecule has 0 amide bonds. The van der Waals surface area contributed by atoms with Crippen LogP contribution in [0.25, 0.3) is 10.4 Å². The van der Waals surface area contributed by atoms with Crippen molar-refractivity contribution in [2.45, 2.75) is 6.04 Å². The number of carbonyl (C=O) groups is 1. The van der Waals surface area contributed by atoms with E-state index in [0.29, 0.717) is 22.9 Å². The van der Waals surface area contributed by atoms with Crippen LogP contribution in [0.4, 0.5) is 0 Å². The number of carbonyl (C=O) groups excluding carboxylic acids is 1. The molecule has 8 heteroatoms. The zero-order valence-corrected chi connectivity index (χ0v) is 11.9. The quantitative estimate of drug-likeness (QED) is 0.275. The number of nitrogens with one attached hydrogen (secondary N) is 1. The Kier molecular flexibility index (Phi) is 6.66. The highest BCUT2D eigenvalue weighted by molar-refractivity contribution is 6.32. The smallest absolute Gasteiger partial charge is 0.327 e. The van der Waals surface area contributed by atoms with Crippen molar-refractivity contribution in [3.05, 3.63) is 39.2 Å². The van der Waals surface area contributed by atoms with Crippen molar-refractivity contribution in [2.75, 3.05) is 27.3 Å². The molecule has 1 rings (SSSR count). The van der Waals surface area contributed by atoms with Crippen molar-refractivity contribution >= 4 is 17.6 Å². The van der Waals surface area contributed by atoms with Crippen LogP contribution in [0.5, 0.6) is 5.75 Å². The third kappa shape index (κ3) is 4.31. The van der Waals surface area contributed by atoms with Gasteiger partial charge in [0.05, 0.1) is 19.2 Å². The molecule has 0 saturated heterocycles. The summed E-state index contributed by atoms with van der Waals surface area (Å²) >= 11 is 6.03. The second kappa shape index (κ2) is 8.27. The number of benzene rings is 1. The summed E-state index contributed by atoms with van der Waals surface area (Å²) in [5, 5.41) is 6.73. The van der Waals surface area contributed by atoms with E-state index in [1.165, 1.54) is 14.2 Å². The molecule has 0 spiro atoms. The van der Waals surface area contributed by atoms with Crippen molar-refractivity contribution in [1.29, 1.82) is 0 Å². The van der Waals surface area contributed by atoms with E-state index in [1.807, 2.05) is 0 Å². The summed E-state index contributed by atoms with van der Waals surface area (Å²) in [4.78, 5) is 14.4. The van der Waals surface area contributed by atoms with Gasteiger partial charge in [0.2, 0.25) is 0 Å². The maximum absolute atomic E-state index is 11.8. The van der Waals surface area contributed by atoms with E-state index >= 15 is 0 Å². The average molecular weight is 299 g/mol. The summed E-state index contributed by atoms with van der Waals surface area (Å²) in [6, 6.07) is 4.33. The largest absolute Gasteiger partial charge is 0.495 e. The molecule has 1 atom stereocenters. The van der Waals surface area contributed by atoms with Gasteiger partial charge in [0, 0.05) is 18.0 Å². The molecule has 1 aromatic carbocycles. The van der Waals surface area contributed by atoms with Crippen molar-refractivity contribution in [3.63, 3.8) is 0 Å². The lowest BCUT2D eigenvalue weighted by Gasteiger charge is -2.17. The minimum Gasteiger partial charge on any atom is -0.495 e. The highest BCUT2D eigenvalue weighted by Gasteiger charge is 2.21. The van der Waals surface area contributed by atoms with E-state index in [9.17, 15) is 4.79 Å². The maximum Gasteiger partial charge on any atom is 0.327 e. The van der Waals surface area contributed by atoms with Crippen molar-refractivity contribution in [1.82, 2.24) is 5.32 Å². The number of ether oxygens (including phenoxy) is 2. The number of esters is 1. The summed E-state index contributed by atoms with van der Waals surface area (Å²) in [5.41, 5.74) is 8.85. The Morgan fingerprint density at radius 2 is 2.30 bits per heavy atom. The minimum absolute atomic E-state index is 0.230. The number of halogens is 1. The van der Waals surface area contributed by atoms with E-state index in [2.05, 4.69) is 15.3 Å². The summed E-state index contributed by atoms with van der Waals surface area (Å²) in [7, 11) is 2.81. The summed E-state index contributed by atoms with van der Waals surface area (Å²) in [5.74, 6) is 0.0697. The Balaban J connectivity index is 2.89. The molecule has 0 fully saturated rings. The van der Waals surface area contributed by atoms with Crippen LogP contribution in [0.15, 0.2) is 23.3 Å². The monoisotopic (exact) mass is 298 g/mol. The third-order valence-corrected chi connectivity index (χ3v) is 2.86. The molecule has 0 saturated carbocycles. The first-order valence-electron chi connectivity index (χ1n) is 5.79. The molecule has 0 aliphatic rings. The van der Waals surface area contributed by atoms with Crippen LogP contribution in [0.3, 0.4) is 0 Å². The van der Waals surface area contributed by atoms with Crippen LogP contribution in [-0.4, -0.2) is 33.3 Å². The summed E-state index contributed by atoms with van der Waals surface area (Å²) < 4.78 is 9.80. The zero-order valence-electron chi connectivity index (χ0n) is 11.2. The van der Waals surface area contributed by atoms with Gasteiger partial charge in [-0.05, 0) is 23.2 Å². The molecule has 20 heavy (non-hydrogen) atoms. The van der Waals surface area contributed by atoms with Gasteiger partial charge in [0.1, 0.15) is 11.8 Å². The second-order valence-corrected chi connectivity index (χ2v) is 4.17. The minimum atomic E-state index is -0.683. The number of hydrogen-bond donors (Lipinski definition) is 1. The second-order valence-electron chi connectivity index (χ2n) is 3.76. The first kappa shape index (κ1) is 16.1. The van der Waals surface area contributed by atoms with Gasteiger partial charge < -0.3 is 14.8 Å². The average Bonchev–Trinajstić information content (AvgIpc) is 2.46. The van der Waals surface area contributed by atoms with E-state index in [4.69, 9.17) is 26.6 Å². The van der Waals surface area contributed by atoms with Crippen molar-refractivity contribution in [3.8, 4) is 5.75 Å². The van der Waals surface area contributed by atoms with Gasteiger partial charge in [-0.3, -0.25) is 0 Å². The molecule has 1 N–H and O–H groups in total. The SMILES string of the molecule is COC(=O)C(NCCN=[N+]=[N-])c1ccc(OC)c(Cl)c1. The lowest BCUT2D eigenvalue weighted by Crippen LogP contribution is -2.31. The van der Waals surface area contributed by atoms with Crippen molar-refractivity contribution in [2.24, 2.45) is 5.11 Å². The number of azide groups is 1. The van der Waals surface area contributed by atoms with Gasteiger partial charge in [-0.25, -0.2) is 4.79 Å². The topological polar surface area (TPSA) is 96.3 Å². The molecule has 0 aliphatic carbocycles. The Hall–Kier alpha value is -1.95. The van der Waals surface area contributed by atoms with Gasteiger partial charge in [0.25, 0.3) is 0 Å². The predicted octanol–water partition coefficient (Wildman–Crippen LogP) is 2.46. The van der Waals surface area contributed by atoms with Crippen LogP contribution >= 0.6 is 11.6 Å². The molecule has 1 unspecified atom stereocenters. The van der Waals surface area contributed by atoms with E-state index in [0.717, 1.165) is 0 Å². The summed E-state index contributed by atoms with van der Waals surface area (Å²) in [6.45, 7) is 0.571. The Labute approximate surface area is 121 Å². The normalized spacial score (nSPS) is 11.3. The molecule has 0 heterocycles. The molecular formula is C12H15ClN4O3. The Morgan fingerprint density at radius 3 is 2.85 bits per heavy atom. The number of methoxy groups -OCH3 is 2. The zero-order chi connectivity index (χ0) is 15.0. The highest BCUT2D eigenvalue weighted by atomic mass is 35.5. The van der Waals surface area contributed by atoms with Gasteiger partial charge >= 0.3 is 5.97 Å². The molecule has 0 aliphatic heterocycles. The molecule has 1 aromatic rings. The van der Waals surface area contributed by atoms with E-state index in [1.54, 1.807) is 18.2 Å². The third-order valence-electron chi connectivity index (χ3n) is 2.57. The lowest BCUT2D eigenvalue weighted by molar-refractivity contribution is -0.143. The molecule has 0 bridgehead atoms. The van der Waals surface area contributed by atoms with Crippen LogP contribution in [0, 0.1) is 0 Å². The fraction of sp³-hybridized carbons (Fsp3) is 0.417. The van der Waals surface area contributed by atoms with Crippen LogP contribution in [-0.2, 0) is 9.53 Å². The van der Waals surface area contributed by atoms with E-state index in [-0.39, 0.29) is 6.54 Å².